The van der Waals surface area contributed by atoms with Gasteiger partial charge >= 0.3 is 18.3 Å². The van der Waals surface area contributed by atoms with E-state index in [2.05, 4.69) is 16.0 Å². The SMILES string of the molecule is CNC(=O)OCCCC(CCOC(=O)NC)OC(=O)NC. The highest BCUT2D eigenvalue weighted by Crippen LogP contribution is 2.08. The summed E-state index contributed by atoms with van der Waals surface area (Å²) in [5.41, 5.74) is 0. The third-order valence-electron chi connectivity index (χ3n) is 2.46. The van der Waals surface area contributed by atoms with Crippen LogP contribution >= 0.6 is 0 Å². The van der Waals surface area contributed by atoms with E-state index in [1.807, 2.05) is 0 Å². The molecule has 9 heteroatoms. The van der Waals surface area contributed by atoms with Crippen LogP contribution < -0.4 is 16.0 Å². The molecule has 0 heterocycles. The second kappa shape index (κ2) is 11.6. The molecule has 21 heavy (non-hydrogen) atoms. The average molecular weight is 305 g/mol. The summed E-state index contributed by atoms with van der Waals surface area (Å²) in [5, 5.41) is 6.99. The number of carbonyl (C=O) groups is 3. The number of hydrogen-bond acceptors (Lipinski definition) is 6. The normalized spacial score (nSPS) is 11.0. The molecule has 9 nitrogen and oxygen atoms in total. The molecule has 1 atom stereocenters. The summed E-state index contributed by atoms with van der Waals surface area (Å²) in [6.07, 6.45) is -0.675. The first kappa shape index (κ1) is 18.8. The van der Waals surface area contributed by atoms with Crippen molar-refractivity contribution in [3.8, 4) is 0 Å². The van der Waals surface area contributed by atoms with Gasteiger partial charge in [0.25, 0.3) is 0 Å². The van der Waals surface area contributed by atoms with E-state index in [-0.39, 0.29) is 13.2 Å². The van der Waals surface area contributed by atoms with E-state index in [9.17, 15) is 14.4 Å². The molecule has 0 fully saturated rings. The van der Waals surface area contributed by atoms with Gasteiger partial charge in [0.2, 0.25) is 0 Å². The van der Waals surface area contributed by atoms with Crippen molar-refractivity contribution in [2.75, 3.05) is 34.4 Å². The van der Waals surface area contributed by atoms with Gasteiger partial charge in [-0.1, -0.05) is 0 Å². The molecule has 3 amide bonds. The maximum absolute atomic E-state index is 11.2. The van der Waals surface area contributed by atoms with E-state index in [1.165, 1.54) is 21.1 Å². The molecule has 0 aliphatic carbocycles. The lowest BCUT2D eigenvalue weighted by molar-refractivity contribution is 0.0643. The number of alkyl carbamates (subject to hydrolysis) is 3. The average Bonchev–Trinajstić information content (AvgIpc) is 2.50. The smallest absolute Gasteiger partial charge is 0.407 e. The minimum atomic E-state index is -0.563. The number of rotatable bonds is 8. The van der Waals surface area contributed by atoms with Crippen molar-refractivity contribution in [1.82, 2.24) is 16.0 Å². The molecule has 0 radical (unpaired) electrons. The number of carbonyl (C=O) groups excluding carboxylic acids is 3. The van der Waals surface area contributed by atoms with Gasteiger partial charge in [0, 0.05) is 27.6 Å². The molecule has 1 unspecified atom stereocenters. The van der Waals surface area contributed by atoms with Gasteiger partial charge < -0.3 is 30.2 Å². The molecule has 3 N–H and O–H groups in total. The first-order valence-corrected chi connectivity index (χ1v) is 6.60. The summed E-state index contributed by atoms with van der Waals surface area (Å²) in [7, 11) is 4.38. The van der Waals surface area contributed by atoms with Crippen LogP contribution in [0.4, 0.5) is 14.4 Å². The van der Waals surface area contributed by atoms with Crippen molar-refractivity contribution in [3.05, 3.63) is 0 Å². The molecule has 0 aliphatic rings. The molecule has 0 saturated heterocycles. The minimum Gasteiger partial charge on any atom is -0.450 e. The van der Waals surface area contributed by atoms with Crippen LogP contribution in [-0.2, 0) is 14.2 Å². The zero-order valence-corrected chi connectivity index (χ0v) is 12.6. The topological polar surface area (TPSA) is 115 Å². The van der Waals surface area contributed by atoms with Crippen LogP contribution in [0.1, 0.15) is 19.3 Å². The lowest BCUT2D eigenvalue weighted by atomic mass is 10.1. The number of ether oxygens (including phenoxy) is 3. The highest BCUT2D eigenvalue weighted by atomic mass is 16.6. The molecular formula is C12H23N3O6. The molecular weight excluding hydrogens is 282 g/mol. The highest BCUT2D eigenvalue weighted by molar-refractivity contribution is 5.67. The van der Waals surface area contributed by atoms with E-state index in [0.29, 0.717) is 19.3 Å². The molecule has 122 valence electrons. The summed E-state index contributed by atoms with van der Waals surface area (Å²) in [6, 6.07) is 0. The van der Waals surface area contributed by atoms with Crippen molar-refractivity contribution in [3.63, 3.8) is 0 Å². The lowest BCUT2D eigenvalue weighted by Crippen LogP contribution is -2.28. The second-order valence-corrected chi connectivity index (χ2v) is 3.98. The Morgan fingerprint density at radius 3 is 1.86 bits per heavy atom. The van der Waals surface area contributed by atoms with Crippen LogP contribution in [0.5, 0.6) is 0 Å². The Hall–Kier alpha value is -2.19. The Kier molecular flexibility index (Phi) is 10.4. The summed E-state index contributed by atoms with van der Waals surface area (Å²) in [5.74, 6) is 0. The zero-order chi connectivity index (χ0) is 16.1. The van der Waals surface area contributed by atoms with Crippen LogP contribution in [0.2, 0.25) is 0 Å². The van der Waals surface area contributed by atoms with Crippen LogP contribution in [0.15, 0.2) is 0 Å². The van der Waals surface area contributed by atoms with Crippen molar-refractivity contribution in [1.29, 1.82) is 0 Å². The van der Waals surface area contributed by atoms with Gasteiger partial charge in [-0.2, -0.15) is 0 Å². The van der Waals surface area contributed by atoms with Crippen LogP contribution in [0.25, 0.3) is 0 Å². The third kappa shape index (κ3) is 10.3. The summed E-state index contributed by atoms with van der Waals surface area (Å²) in [6.45, 7) is 0.335. The maximum Gasteiger partial charge on any atom is 0.407 e. The standard InChI is InChI=1S/C12H23N3O6/c1-13-10(16)19-7-4-5-9(21-12(18)15-3)6-8-20-11(17)14-2/h9H,4-8H2,1-3H3,(H,13,16)(H,14,17)(H,15,18). The molecule has 0 saturated carbocycles. The van der Waals surface area contributed by atoms with E-state index < -0.39 is 24.4 Å². The van der Waals surface area contributed by atoms with Gasteiger partial charge in [0.1, 0.15) is 6.10 Å². The van der Waals surface area contributed by atoms with E-state index >= 15 is 0 Å². The quantitative estimate of drug-likeness (QED) is 0.446. The number of nitrogens with one attached hydrogen (secondary N) is 3. The van der Waals surface area contributed by atoms with Crippen LogP contribution in [0, 0.1) is 0 Å². The van der Waals surface area contributed by atoms with Crippen LogP contribution in [0.3, 0.4) is 0 Å². The molecule has 0 aromatic heterocycles. The minimum absolute atomic E-state index is 0.123. The molecule has 0 aromatic rings. The van der Waals surface area contributed by atoms with E-state index in [0.717, 1.165) is 0 Å². The van der Waals surface area contributed by atoms with Crippen molar-refractivity contribution in [2.45, 2.75) is 25.4 Å². The predicted molar refractivity (Wildman–Crippen MR) is 74.0 cm³/mol. The van der Waals surface area contributed by atoms with Gasteiger partial charge in [0.05, 0.1) is 13.2 Å². The lowest BCUT2D eigenvalue weighted by Gasteiger charge is -2.17. The van der Waals surface area contributed by atoms with Gasteiger partial charge in [-0.15, -0.1) is 0 Å². The molecule has 0 bridgehead atoms. The molecule has 0 rings (SSSR count). The molecule has 0 spiro atoms. The Bertz CT molecular complexity index is 337. The van der Waals surface area contributed by atoms with Gasteiger partial charge in [-0.25, -0.2) is 14.4 Å². The summed E-state index contributed by atoms with van der Waals surface area (Å²) in [4.78, 5) is 33.0. The Labute approximate surface area is 123 Å². The number of hydrogen-bond donors (Lipinski definition) is 3. The molecule has 0 aliphatic heterocycles. The van der Waals surface area contributed by atoms with Crippen molar-refractivity contribution < 1.29 is 28.6 Å². The van der Waals surface area contributed by atoms with Gasteiger partial charge in [-0.05, 0) is 12.8 Å². The Balaban J connectivity index is 4.04. The van der Waals surface area contributed by atoms with Crippen molar-refractivity contribution in [2.24, 2.45) is 0 Å². The maximum atomic E-state index is 11.2. The predicted octanol–water partition coefficient (Wildman–Crippen LogP) is 0.593. The summed E-state index contributed by atoms with van der Waals surface area (Å²) >= 11 is 0. The molecule has 0 aromatic carbocycles. The summed E-state index contributed by atoms with van der Waals surface area (Å²) < 4.78 is 14.8. The Morgan fingerprint density at radius 2 is 1.33 bits per heavy atom. The fraction of sp³-hybridized carbons (Fsp3) is 0.750. The fourth-order valence-corrected chi connectivity index (χ4v) is 1.38. The second-order valence-electron chi connectivity index (χ2n) is 3.98. The zero-order valence-electron chi connectivity index (χ0n) is 12.6. The number of amides is 3. The Morgan fingerprint density at radius 1 is 0.810 bits per heavy atom. The highest BCUT2D eigenvalue weighted by Gasteiger charge is 2.14. The van der Waals surface area contributed by atoms with E-state index in [1.54, 1.807) is 0 Å². The largest absolute Gasteiger partial charge is 0.450 e. The first-order chi connectivity index (χ1) is 10.0. The van der Waals surface area contributed by atoms with Gasteiger partial charge in [0.15, 0.2) is 0 Å². The van der Waals surface area contributed by atoms with E-state index in [4.69, 9.17) is 14.2 Å². The van der Waals surface area contributed by atoms with Crippen molar-refractivity contribution >= 4 is 18.3 Å². The van der Waals surface area contributed by atoms with Crippen LogP contribution in [-0.4, -0.2) is 58.7 Å². The first-order valence-electron chi connectivity index (χ1n) is 6.60. The monoisotopic (exact) mass is 305 g/mol. The van der Waals surface area contributed by atoms with Gasteiger partial charge in [-0.3, -0.25) is 0 Å². The fourth-order valence-electron chi connectivity index (χ4n) is 1.38. The third-order valence-corrected chi connectivity index (χ3v) is 2.46.